The number of benzene rings is 2. The number of hydrogen-bond acceptors (Lipinski definition) is 4. The fourth-order valence-electron chi connectivity index (χ4n) is 4.26. The molecule has 7 nitrogen and oxygen atoms in total. The maximum Gasteiger partial charge on any atom is 0.290 e. The highest BCUT2D eigenvalue weighted by Gasteiger charge is 2.28. The van der Waals surface area contributed by atoms with E-state index in [0.717, 1.165) is 37.3 Å². The highest BCUT2D eigenvalue weighted by molar-refractivity contribution is 6.00. The molecule has 1 aromatic heterocycles. The van der Waals surface area contributed by atoms with E-state index in [4.69, 9.17) is 0 Å². The number of carbonyl (C=O) groups is 2. The van der Waals surface area contributed by atoms with Crippen LogP contribution in [0.5, 0.6) is 0 Å². The molecule has 1 saturated heterocycles. The number of carbonyl (C=O) groups excluding carboxylic acids is 2. The van der Waals surface area contributed by atoms with Crippen LogP contribution in [0, 0.1) is 0 Å². The van der Waals surface area contributed by atoms with Gasteiger partial charge in [-0.1, -0.05) is 30.3 Å². The maximum atomic E-state index is 13.1. The van der Waals surface area contributed by atoms with Gasteiger partial charge in [0.1, 0.15) is 0 Å². The molecule has 0 N–H and O–H groups in total. The first-order chi connectivity index (χ1) is 14.6. The van der Waals surface area contributed by atoms with Gasteiger partial charge in [0, 0.05) is 51.4 Å². The molecule has 5 rings (SSSR count). The minimum atomic E-state index is -0.0618. The molecule has 3 aromatic rings. The molecule has 30 heavy (non-hydrogen) atoms. The predicted octanol–water partition coefficient (Wildman–Crippen LogP) is 2.08. The molecular formula is C23H25N5O2. The first kappa shape index (κ1) is 18.8. The molecule has 0 unspecified atom stereocenters. The lowest BCUT2D eigenvalue weighted by atomic mass is 10.1. The number of fused-ring (bicyclic) bond motifs is 3. The third-order valence-electron chi connectivity index (χ3n) is 6.07. The van der Waals surface area contributed by atoms with E-state index in [-0.39, 0.29) is 11.8 Å². The van der Waals surface area contributed by atoms with Crippen molar-refractivity contribution in [2.45, 2.75) is 13.1 Å². The Morgan fingerprint density at radius 3 is 2.50 bits per heavy atom. The first-order valence-electron chi connectivity index (χ1n) is 10.4. The molecule has 2 amide bonds. The van der Waals surface area contributed by atoms with Gasteiger partial charge in [0.25, 0.3) is 11.8 Å². The SMILES string of the molecule is CN1CCN(C(=O)c2ccc3c(c2)nc2n3CCN(Cc3ccccc3)C2=O)CC1. The maximum absolute atomic E-state index is 13.1. The number of imidazole rings is 1. The monoisotopic (exact) mass is 403 g/mol. The van der Waals surface area contributed by atoms with Gasteiger partial charge in [-0.3, -0.25) is 9.59 Å². The van der Waals surface area contributed by atoms with E-state index in [0.29, 0.717) is 36.5 Å². The van der Waals surface area contributed by atoms with Crippen LogP contribution in [0.2, 0.25) is 0 Å². The van der Waals surface area contributed by atoms with Gasteiger partial charge in [-0.25, -0.2) is 4.98 Å². The molecule has 2 aliphatic rings. The molecule has 3 heterocycles. The van der Waals surface area contributed by atoms with Crippen LogP contribution < -0.4 is 0 Å². The van der Waals surface area contributed by atoms with Crippen LogP contribution >= 0.6 is 0 Å². The van der Waals surface area contributed by atoms with Gasteiger partial charge < -0.3 is 19.3 Å². The molecule has 154 valence electrons. The Labute approximate surface area is 175 Å². The molecule has 2 aromatic carbocycles. The Morgan fingerprint density at radius 2 is 1.73 bits per heavy atom. The summed E-state index contributed by atoms with van der Waals surface area (Å²) in [6.45, 7) is 5.18. The summed E-state index contributed by atoms with van der Waals surface area (Å²) >= 11 is 0. The summed E-state index contributed by atoms with van der Waals surface area (Å²) in [5.41, 5.74) is 3.36. The van der Waals surface area contributed by atoms with Gasteiger partial charge in [-0.05, 0) is 30.8 Å². The van der Waals surface area contributed by atoms with Crippen LogP contribution in [0.3, 0.4) is 0 Å². The van der Waals surface area contributed by atoms with Gasteiger partial charge in [-0.15, -0.1) is 0 Å². The number of likely N-dealkylation sites (N-methyl/N-ethyl adjacent to an activating group) is 1. The van der Waals surface area contributed by atoms with Crippen LogP contribution in [-0.4, -0.2) is 75.8 Å². The Hall–Kier alpha value is -3.19. The van der Waals surface area contributed by atoms with Crippen molar-refractivity contribution in [3.8, 4) is 0 Å². The molecule has 7 heteroatoms. The first-order valence-corrected chi connectivity index (χ1v) is 10.4. The summed E-state index contributed by atoms with van der Waals surface area (Å²) in [5, 5.41) is 0. The molecule has 1 fully saturated rings. The number of rotatable bonds is 3. The summed E-state index contributed by atoms with van der Waals surface area (Å²) in [5.74, 6) is 0.428. The van der Waals surface area contributed by atoms with Crippen molar-refractivity contribution in [2.75, 3.05) is 39.8 Å². The van der Waals surface area contributed by atoms with Gasteiger partial charge in [0.15, 0.2) is 5.82 Å². The van der Waals surface area contributed by atoms with Crippen molar-refractivity contribution in [1.82, 2.24) is 24.3 Å². The lowest BCUT2D eigenvalue weighted by Crippen LogP contribution is -2.47. The molecule has 0 spiro atoms. The average molecular weight is 403 g/mol. The predicted molar refractivity (Wildman–Crippen MR) is 114 cm³/mol. The summed E-state index contributed by atoms with van der Waals surface area (Å²) in [6.07, 6.45) is 0. The zero-order chi connectivity index (χ0) is 20.7. The second kappa shape index (κ2) is 7.57. The number of aromatic nitrogens is 2. The normalized spacial score (nSPS) is 17.4. The fourth-order valence-corrected chi connectivity index (χ4v) is 4.26. The second-order valence-electron chi connectivity index (χ2n) is 8.10. The van der Waals surface area contributed by atoms with E-state index in [9.17, 15) is 9.59 Å². The van der Waals surface area contributed by atoms with E-state index in [1.54, 1.807) is 0 Å². The third-order valence-corrected chi connectivity index (χ3v) is 6.07. The molecule has 0 bridgehead atoms. The minimum absolute atomic E-state index is 0.0352. The second-order valence-corrected chi connectivity index (χ2v) is 8.10. The number of nitrogens with zero attached hydrogens (tertiary/aromatic N) is 5. The Kier molecular flexibility index (Phi) is 4.75. The van der Waals surface area contributed by atoms with Crippen molar-refractivity contribution in [2.24, 2.45) is 0 Å². The van der Waals surface area contributed by atoms with Crippen molar-refractivity contribution in [1.29, 1.82) is 0 Å². The molecule has 0 saturated carbocycles. The van der Waals surface area contributed by atoms with Crippen molar-refractivity contribution >= 4 is 22.8 Å². The smallest absolute Gasteiger partial charge is 0.290 e. The summed E-state index contributed by atoms with van der Waals surface area (Å²) < 4.78 is 1.98. The zero-order valence-electron chi connectivity index (χ0n) is 17.1. The highest BCUT2D eigenvalue weighted by Crippen LogP contribution is 2.24. The summed E-state index contributed by atoms with van der Waals surface area (Å²) in [4.78, 5) is 36.5. The third kappa shape index (κ3) is 3.35. The topological polar surface area (TPSA) is 61.7 Å². The molecule has 2 aliphatic heterocycles. The van der Waals surface area contributed by atoms with Crippen LogP contribution in [0.4, 0.5) is 0 Å². The Bertz CT molecular complexity index is 1100. The van der Waals surface area contributed by atoms with Crippen LogP contribution in [0.15, 0.2) is 48.5 Å². The van der Waals surface area contributed by atoms with Gasteiger partial charge in [-0.2, -0.15) is 0 Å². The molecule has 0 radical (unpaired) electrons. The fraction of sp³-hybridized carbons (Fsp3) is 0.348. The zero-order valence-corrected chi connectivity index (χ0v) is 17.1. The van der Waals surface area contributed by atoms with E-state index in [1.807, 2.05) is 62.9 Å². The van der Waals surface area contributed by atoms with Crippen molar-refractivity contribution in [3.05, 3.63) is 65.5 Å². The van der Waals surface area contributed by atoms with E-state index in [1.165, 1.54) is 0 Å². The lowest BCUT2D eigenvalue weighted by Gasteiger charge is -2.32. The Morgan fingerprint density at radius 1 is 0.967 bits per heavy atom. The number of amides is 2. The largest absolute Gasteiger partial charge is 0.336 e. The number of hydrogen-bond donors (Lipinski definition) is 0. The van der Waals surface area contributed by atoms with E-state index < -0.39 is 0 Å². The van der Waals surface area contributed by atoms with Crippen LogP contribution in [0.25, 0.3) is 11.0 Å². The Balaban J connectivity index is 1.40. The highest BCUT2D eigenvalue weighted by atomic mass is 16.2. The van der Waals surface area contributed by atoms with Crippen molar-refractivity contribution in [3.63, 3.8) is 0 Å². The van der Waals surface area contributed by atoms with Gasteiger partial charge in [0.05, 0.1) is 11.0 Å². The average Bonchev–Trinajstić information content (AvgIpc) is 3.15. The van der Waals surface area contributed by atoms with Gasteiger partial charge in [0.2, 0.25) is 0 Å². The summed E-state index contributed by atoms with van der Waals surface area (Å²) in [7, 11) is 2.07. The van der Waals surface area contributed by atoms with E-state index in [2.05, 4.69) is 16.9 Å². The van der Waals surface area contributed by atoms with Crippen molar-refractivity contribution < 1.29 is 9.59 Å². The quantitative estimate of drug-likeness (QED) is 0.672. The van der Waals surface area contributed by atoms with Gasteiger partial charge >= 0.3 is 0 Å². The summed E-state index contributed by atoms with van der Waals surface area (Å²) in [6, 6.07) is 15.6. The van der Waals surface area contributed by atoms with E-state index >= 15 is 0 Å². The number of piperazine rings is 1. The lowest BCUT2D eigenvalue weighted by molar-refractivity contribution is 0.0662. The molecular weight excluding hydrogens is 378 g/mol. The molecule has 0 aliphatic carbocycles. The van der Waals surface area contributed by atoms with Crippen LogP contribution in [0.1, 0.15) is 26.5 Å². The standard InChI is InChI=1S/C23H25N5O2/c1-25-9-11-26(12-10-25)22(29)18-7-8-20-19(15-18)24-21-23(30)27(13-14-28(20)21)16-17-5-3-2-4-6-17/h2-8,15H,9-14,16H2,1H3. The molecule has 0 atom stereocenters. The van der Waals surface area contributed by atoms with Crippen LogP contribution in [-0.2, 0) is 13.1 Å². The minimum Gasteiger partial charge on any atom is -0.336 e.